The first-order valence-electron chi connectivity index (χ1n) is 14.0. The number of carboxylic acid groups (broad SMARTS) is 1. The average molecular weight is 628 g/mol. The summed E-state index contributed by atoms with van der Waals surface area (Å²) in [6.07, 6.45) is 11.1. The highest BCUT2D eigenvalue weighted by Crippen LogP contribution is 2.49. The van der Waals surface area contributed by atoms with Crippen LogP contribution in [0.4, 0.5) is 0 Å². The van der Waals surface area contributed by atoms with Crippen LogP contribution in [0.1, 0.15) is 40.6 Å². The number of benzene rings is 3. The van der Waals surface area contributed by atoms with Gasteiger partial charge in [0.2, 0.25) is 0 Å². The highest BCUT2D eigenvalue weighted by Gasteiger charge is 2.41. The van der Waals surface area contributed by atoms with Crippen molar-refractivity contribution in [1.29, 1.82) is 0 Å². The van der Waals surface area contributed by atoms with Crippen molar-refractivity contribution in [3.8, 4) is 17.2 Å². The van der Waals surface area contributed by atoms with Gasteiger partial charge in [0.25, 0.3) is 15.9 Å². The van der Waals surface area contributed by atoms with E-state index in [9.17, 15) is 18.0 Å². The van der Waals surface area contributed by atoms with E-state index in [1.165, 1.54) is 18.2 Å². The van der Waals surface area contributed by atoms with Crippen LogP contribution in [0.25, 0.3) is 16.2 Å². The van der Waals surface area contributed by atoms with E-state index in [-0.39, 0.29) is 22.3 Å². The van der Waals surface area contributed by atoms with Crippen LogP contribution in [-0.4, -0.2) is 36.4 Å². The second-order valence-corrected chi connectivity index (χ2v) is 13.8. The number of sulfonamides is 1. The van der Waals surface area contributed by atoms with E-state index in [0.717, 1.165) is 30.9 Å². The lowest BCUT2D eigenvalue weighted by atomic mass is 9.79. The molecule has 0 saturated carbocycles. The van der Waals surface area contributed by atoms with Gasteiger partial charge in [0.1, 0.15) is 22.1 Å². The number of aliphatic carboxylic acids is 1. The normalized spacial score (nSPS) is 18.8. The number of rotatable bonds is 9. The fourth-order valence-electron chi connectivity index (χ4n) is 5.43. The maximum absolute atomic E-state index is 13.0. The van der Waals surface area contributed by atoms with Crippen LogP contribution in [0.3, 0.4) is 0 Å². The summed E-state index contributed by atoms with van der Waals surface area (Å²) in [6, 6.07) is 18.8. The van der Waals surface area contributed by atoms with Gasteiger partial charge in [-0.3, -0.25) is 4.79 Å². The molecule has 0 saturated heterocycles. The van der Waals surface area contributed by atoms with Gasteiger partial charge in [0.15, 0.2) is 6.73 Å². The van der Waals surface area contributed by atoms with E-state index in [0.29, 0.717) is 23.2 Å². The van der Waals surface area contributed by atoms with Gasteiger partial charge in [-0.1, -0.05) is 62.4 Å². The van der Waals surface area contributed by atoms with E-state index in [2.05, 4.69) is 32.1 Å². The Morgan fingerprint density at radius 1 is 1.02 bits per heavy atom. The van der Waals surface area contributed by atoms with Crippen LogP contribution in [0.5, 0.6) is 17.2 Å². The molecule has 6 rings (SSSR count). The highest BCUT2D eigenvalue weighted by molar-refractivity contribution is 7.90. The fraction of sp³-hybridized carbons (Fsp3) is 0.176. The van der Waals surface area contributed by atoms with Gasteiger partial charge in [0, 0.05) is 22.1 Å². The molecule has 2 aliphatic rings. The number of thiophene rings is 1. The number of fused-ring (bicyclic) bond motifs is 2. The smallest absolute Gasteiger partial charge is 0.328 e. The van der Waals surface area contributed by atoms with E-state index in [4.69, 9.17) is 14.6 Å². The van der Waals surface area contributed by atoms with E-state index < -0.39 is 28.6 Å². The number of carboxylic acids is 1. The van der Waals surface area contributed by atoms with Crippen molar-refractivity contribution in [3.05, 3.63) is 113 Å². The molecule has 1 aromatic heterocycles. The summed E-state index contributed by atoms with van der Waals surface area (Å²) in [4.78, 5) is 24.7. The predicted octanol–water partition coefficient (Wildman–Crippen LogP) is 7.45. The monoisotopic (exact) mass is 627 g/mol. The summed E-state index contributed by atoms with van der Waals surface area (Å²) >= 11 is 1.58. The minimum atomic E-state index is -3.99. The first-order chi connectivity index (χ1) is 21.1. The Hall–Kier alpha value is -4.67. The number of carbonyl (C=O) groups is 2. The van der Waals surface area contributed by atoms with Crippen molar-refractivity contribution in [1.82, 2.24) is 4.31 Å². The molecule has 1 aliphatic carbocycles. The molecule has 3 aromatic carbocycles. The first-order valence-corrected chi connectivity index (χ1v) is 16.3. The van der Waals surface area contributed by atoms with Crippen molar-refractivity contribution >= 4 is 49.4 Å². The standard InChI is InChI=1S/C34H29NO7S2/c1-21(2)25-7-3-4-8-26(25)33-32(42-23-14-11-22(12-15-23)13-18-31(36)37)27-17-16-24(19-29(27)43-33)41-20-35-34(38)28-9-5-6-10-30(28)44(35,39)40/h3-19,21,25-26H,20H2,1-2H3,(H,36,37)/b18-13+. The van der Waals surface area contributed by atoms with E-state index in [1.807, 2.05) is 18.2 Å². The van der Waals surface area contributed by atoms with E-state index in [1.54, 1.807) is 53.8 Å². The summed E-state index contributed by atoms with van der Waals surface area (Å²) in [6.45, 7) is 3.93. The van der Waals surface area contributed by atoms with Crippen molar-refractivity contribution in [2.24, 2.45) is 11.8 Å². The molecule has 0 radical (unpaired) electrons. The Labute approximate surface area is 259 Å². The number of allylic oxidation sites excluding steroid dienone is 4. The molecule has 2 atom stereocenters. The van der Waals surface area contributed by atoms with Crippen LogP contribution in [-0.2, 0) is 14.8 Å². The Balaban J connectivity index is 1.32. The summed E-state index contributed by atoms with van der Waals surface area (Å²) in [5, 5.41) is 9.79. The minimum Gasteiger partial charge on any atom is -0.478 e. The molecular weight excluding hydrogens is 599 g/mol. The lowest BCUT2D eigenvalue weighted by Gasteiger charge is -2.27. The number of hydrogen-bond donors (Lipinski definition) is 1. The van der Waals surface area contributed by atoms with Crippen molar-refractivity contribution in [3.63, 3.8) is 0 Å². The molecule has 224 valence electrons. The molecule has 2 unspecified atom stereocenters. The van der Waals surface area contributed by atoms with Gasteiger partial charge in [-0.05, 0) is 65.9 Å². The van der Waals surface area contributed by atoms with Crippen LogP contribution >= 0.6 is 11.3 Å². The molecule has 44 heavy (non-hydrogen) atoms. The highest BCUT2D eigenvalue weighted by atomic mass is 32.2. The molecule has 0 bridgehead atoms. The largest absolute Gasteiger partial charge is 0.478 e. The minimum absolute atomic E-state index is 0.0195. The number of nitrogens with zero attached hydrogens (tertiary/aromatic N) is 1. The molecule has 1 aliphatic heterocycles. The molecular formula is C34H29NO7S2. The zero-order chi connectivity index (χ0) is 31.0. The Kier molecular flexibility index (Phi) is 7.87. The van der Waals surface area contributed by atoms with Gasteiger partial charge in [-0.25, -0.2) is 13.2 Å². The van der Waals surface area contributed by atoms with Gasteiger partial charge in [-0.15, -0.1) is 11.3 Å². The fourth-order valence-corrected chi connectivity index (χ4v) is 8.16. The SMILES string of the molecule is CC(C)C1C=CC=CC1c1sc2cc(OCN3C(=O)c4ccccc4S3(=O)=O)ccc2c1Oc1ccc(/C=C/C(=O)O)cc1. The van der Waals surface area contributed by atoms with E-state index >= 15 is 0 Å². The quantitative estimate of drug-likeness (QED) is 0.192. The Morgan fingerprint density at radius 2 is 1.75 bits per heavy atom. The summed E-state index contributed by atoms with van der Waals surface area (Å²) in [5.41, 5.74) is 0.871. The molecule has 0 spiro atoms. The maximum atomic E-state index is 13.0. The maximum Gasteiger partial charge on any atom is 0.328 e. The molecule has 2 heterocycles. The molecule has 1 N–H and O–H groups in total. The molecule has 0 fully saturated rings. The average Bonchev–Trinajstić information content (AvgIpc) is 3.46. The molecule has 4 aromatic rings. The Bertz CT molecular complexity index is 1950. The Morgan fingerprint density at radius 3 is 2.48 bits per heavy atom. The number of carbonyl (C=O) groups excluding carboxylic acids is 1. The first kappa shape index (κ1) is 29.4. The third-order valence-electron chi connectivity index (χ3n) is 7.67. The summed E-state index contributed by atoms with van der Waals surface area (Å²) in [5.74, 6) is 0.810. The van der Waals surface area contributed by atoms with Crippen LogP contribution in [0.2, 0.25) is 0 Å². The van der Waals surface area contributed by atoms with Crippen LogP contribution in [0, 0.1) is 11.8 Å². The zero-order valence-corrected chi connectivity index (χ0v) is 25.5. The topological polar surface area (TPSA) is 110 Å². The third-order valence-corrected chi connectivity index (χ3v) is 10.7. The lowest BCUT2D eigenvalue weighted by Crippen LogP contribution is -2.33. The lowest BCUT2D eigenvalue weighted by molar-refractivity contribution is -0.131. The molecule has 1 amide bonds. The van der Waals surface area contributed by atoms with Gasteiger partial charge < -0.3 is 14.6 Å². The second kappa shape index (κ2) is 11.8. The van der Waals surface area contributed by atoms with Crippen LogP contribution in [0.15, 0.2) is 102 Å². The van der Waals surface area contributed by atoms with Crippen molar-refractivity contribution in [2.45, 2.75) is 24.7 Å². The second-order valence-electron chi connectivity index (χ2n) is 10.8. The van der Waals surface area contributed by atoms with Crippen LogP contribution < -0.4 is 9.47 Å². The van der Waals surface area contributed by atoms with Gasteiger partial charge in [0.05, 0.1) is 10.4 Å². The molecule has 10 heteroatoms. The third kappa shape index (κ3) is 5.54. The number of hydrogen-bond acceptors (Lipinski definition) is 7. The summed E-state index contributed by atoms with van der Waals surface area (Å²) < 4.78 is 40.0. The number of amides is 1. The summed E-state index contributed by atoms with van der Waals surface area (Å²) in [7, 11) is -3.99. The zero-order valence-electron chi connectivity index (χ0n) is 23.9. The van der Waals surface area contributed by atoms with Gasteiger partial charge >= 0.3 is 5.97 Å². The van der Waals surface area contributed by atoms with Gasteiger partial charge in [-0.2, -0.15) is 4.31 Å². The predicted molar refractivity (Wildman–Crippen MR) is 170 cm³/mol. The van der Waals surface area contributed by atoms with Crippen molar-refractivity contribution in [2.75, 3.05) is 6.73 Å². The molecule has 8 nitrogen and oxygen atoms in total. The van der Waals surface area contributed by atoms with Crippen molar-refractivity contribution < 1.29 is 32.6 Å². The number of ether oxygens (including phenoxy) is 2.